The molecule has 0 spiro atoms. The minimum absolute atomic E-state index is 0.220. The average Bonchev–Trinajstić information content (AvgIpc) is 2.85. The highest BCUT2D eigenvalue weighted by atomic mass is 32.2. The highest BCUT2D eigenvalue weighted by Gasteiger charge is 2.34. The van der Waals surface area contributed by atoms with Gasteiger partial charge in [0.05, 0.1) is 20.9 Å². The summed E-state index contributed by atoms with van der Waals surface area (Å²) in [6, 6.07) is 9.25. The summed E-state index contributed by atoms with van der Waals surface area (Å²) in [5, 5.41) is 0.818. The molecule has 0 radical (unpaired) electrons. The molecule has 3 aromatic rings. The van der Waals surface area contributed by atoms with Crippen LogP contribution in [-0.2, 0) is 10.0 Å². The standard InChI is InChI=1S/C15H11F3N2O3S2/c1-9-19-11-7-6-10(8-13(11)24-9)20-25(21,22)14-5-3-2-4-12(14)23-15(16,17)18/h2-8,20H,1H3. The lowest BCUT2D eigenvalue weighted by molar-refractivity contribution is -0.275. The number of benzene rings is 2. The van der Waals surface area contributed by atoms with Crippen LogP contribution in [0, 0.1) is 6.92 Å². The van der Waals surface area contributed by atoms with Crippen LogP contribution in [0.5, 0.6) is 5.75 Å². The number of anilines is 1. The fourth-order valence-electron chi connectivity index (χ4n) is 2.19. The van der Waals surface area contributed by atoms with Crippen molar-refractivity contribution in [3.63, 3.8) is 0 Å². The Labute approximate surface area is 145 Å². The molecule has 0 amide bonds. The number of sulfonamides is 1. The minimum atomic E-state index is -5.00. The maximum absolute atomic E-state index is 12.5. The molecule has 0 bridgehead atoms. The zero-order chi connectivity index (χ0) is 18.2. The number of nitrogens with zero attached hydrogens (tertiary/aromatic N) is 1. The summed E-state index contributed by atoms with van der Waals surface area (Å²) in [5.41, 5.74) is 0.934. The Morgan fingerprint density at radius 3 is 2.60 bits per heavy atom. The number of aryl methyl sites for hydroxylation is 1. The van der Waals surface area contributed by atoms with Crippen molar-refractivity contribution in [3.05, 3.63) is 47.5 Å². The van der Waals surface area contributed by atoms with Gasteiger partial charge >= 0.3 is 6.36 Å². The number of hydrogen-bond donors (Lipinski definition) is 1. The van der Waals surface area contributed by atoms with Crippen LogP contribution < -0.4 is 9.46 Å². The number of nitrogens with one attached hydrogen (secondary N) is 1. The van der Waals surface area contributed by atoms with Crippen molar-refractivity contribution >= 4 is 37.3 Å². The maximum atomic E-state index is 12.5. The van der Waals surface area contributed by atoms with E-state index in [-0.39, 0.29) is 5.69 Å². The van der Waals surface area contributed by atoms with Crippen molar-refractivity contribution in [1.29, 1.82) is 0 Å². The largest absolute Gasteiger partial charge is 0.573 e. The lowest BCUT2D eigenvalue weighted by atomic mass is 10.3. The summed E-state index contributed by atoms with van der Waals surface area (Å²) in [6.45, 7) is 1.82. The van der Waals surface area contributed by atoms with E-state index in [9.17, 15) is 21.6 Å². The van der Waals surface area contributed by atoms with E-state index in [1.807, 2.05) is 6.92 Å². The molecule has 1 N–H and O–H groups in total. The summed E-state index contributed by atoms with van der Waals surface area (Å²) in [7, 11) is -4.27. The number of thiazole rings is 1. The summed E-state index contributed by atoms with van der Waals surface area (Å²) in [4.78, 5) is 3.66. The molecule has 0 unspecified atom stereocenters. The van der Waals surface area contributed by atoms with E-state index in [2.05, 4.69) is 14.4 Å². The van der Waals surface area contributed by atoms with Crippen LogP contribution >= 0.6 is 11.3 Å². The van der Waals surface area contributed by atoms with E-state index >= 15 is 0 Å². The Morgan fingerprint density at radius 1 is 1.16 bits per heavy atom. The predicted molar refractivity (Wildman–Crippen MR) is 88.3 cm³/mol. The van der Waals surface area contributed by atoms with E-state index in [1.165, 1.54) is 29.5 Å². The van der Waals surface area contributed by atoms with Crippen molar-refractivity contribution in [3.8, 4) is 5.75 Å². The molecule has 1 aromatic heterocycles. The average molecular weight is 388 g/mol. The zero-order valence-corrected chi connectivity index (χ0v) is 14.3. The van der Waals surface area contributed by atoms with E-state index in [4.69, 9.17) is 0 Å². The molecule has 25 heavy (non-hydrogen) atoms. The first kappa shape index (κ1) is 17.5. The zero-order valence-electron chi connectivity index (χ0n) is 12.7. The fraction of sp³-hybridized carbons (Fsp3) is 0.133. The highest BCUT2D eigenvalue weighted by Crippen LogP contribution is 2.31. The smallest absolute Gasteiger partial charge is 0.404 e. The Hall–Kier alpha value is -2.33. The highest BCUT2D eigenvalue weighted by molar-refractivity contribution is 7.92. The maximum Gasteiger partial charge on any atom is 0.573 e. The van der Waals surface area contributed by atoms with Gasteiger partial charge in [-0.05, 0) is 37.3 Å². The van der Waals surface area contributed by atoms with Crippen molar-refractivity contribution < 1.29 is 26.3 Å². The molecule has 1 heterocycles. The van der Waals surface area contributed by atoms with E-state index < -0.39 is 27.0 Å². The predicted octanol–water partition coefficient (Wildman–Crippen LogP) is 4.30. The van der Waals surface area contributed by atoms with Crippen molar-refractivity contribution in [1.82, 2.24) is 4.98 Å². The van der Waals surface area contributed by atoms with Crippen LogP contribution in [0.15, 0.2) is 47.4 Å². The number of fused-ring (bicyclic) bond motifs is 1. The molecular weight excluding hydrogens is 377 g/mol. The van der Waals surface area contributed by atoms with Gasteiger partial charge in [0.25, 0.3) is 10.0 Å². The quantitative estimate of drug-likeness (QED) is 0.723. The second-order valence-electron chi connectivity index (χ2n) is 5.02. The molecule has 2 aromatic carbocycles. The molecule has 10 heteroatoms. The van der Waals surface area contributed by atoms with Gasteiger partial charge in [0.1, 0.15) is 10.6 Å². The van der Waals surface area contributed by atoms with Gasteiger partial charge < -0.3 is 4.74 Å². The molecule has 0 saturated carbocycles. The molecule has 3 rings (SSSR count). The monoisotopic (exact) mass is 388 g/mol. The second kappa shape index (κ2) is 6.19. The van der Waals surface area contributed by atoms with Crippen molar-refractivity contribution in [2.45, 2.75) is 18.2 Å². The normalized spacial score (nSPS) is 12.3. The van der Waals surface area contributed by atoms with Gasteiger partial charge in [-0.3, -0.25) is 4.72 Å². The third-order valence-corrected chi connectivity index (χ3v) is 5.47. The molecule has 0 saturated heterocycles. The molecule has 0 fully saturated rings. The summed E-state index contributed by atoms with van der Waals surface area (Å²) in [6.07, 6.45) is -5.00. The molecule has 5 nitrogen and oxygen atoms in total. The first-order valence-electron chi connectivity index (χ1n) is 6.89. The van der Waals surface area contributed by atoms with Crippen molar-refractivity contribution in [2.24, 2.45) is 0 Å². The van der Waals surface area contributed by atoms with Gasteiger partial charge in [0.2, 0.25) is 0 Å². The molecule has 0 aliphatic rings. The number of alkyl halides is 3. The molecule has 0 aliphatic carbocycles. The Kier molecular flexibility index (Phi) is 4.33. The number of halogens is 3. The Balaban J connectivity index is 1.96. The number of hydrogen-bond acceptors (Lipinski definition) is 5. The lowest BCUT2D eigenvalue weighted by Gasteiger charge is -2.14. The first-order valence-corrected chi connectivity index (χ1v) is 9.19. The summed E-state index contributed by atoms with van der Waals surface area (Å²) >= 11 is 1.38. The van der Waals surface area contributed by atoms with Gasteiger partial charge in [-0.2, -0.15) is 0 Å². The van der Waals surface area contributed by atoms with E-state index in [1.54, 1.807) is 12.1 Å². The van der Waals surface area contributed by atoms with Gasteiger partial charge in [-0.15, -0.1) is 24.5 Å². The second-order valence-corrected chi connectivity index (χ2v) is 7.90. The fourth-order valence-corrected chi connectivity index (χ4v) is 4.24. The third-order valence-electron chi connectivity index (χ3n) is 3.11. The number of rotatable bonds is 4. The topological polar surface area (TPSA) is 68.3 Å². The van der Waals surface area contributed by atoms with Gasteiger partial charge in [0, 0.05) is 0 Å². The van der Waals surface area contributed by atoms with E-state index in [0.717, 1.165) is 21.8 Å². The minimum Gasteiger partial charge on any atom is -0.404 e. The van der Waals surface area contributed by atoms with Gasteiger partial charge in [-0.25, -0.2) is 13.4 Å². The Bertz CT molecular complexity index is 1030. The lowest BCUT2D eigenvalue weighted by Crippen LogP contribution is -2.20. The Morgan fingerprint density at radius 2 is 1.88 bits per heavy atom. The van der Waals surface area contributed by atoms with Crippen LogP contribution in [0.4, 0.5) is 18.9 Å². The van der Waals surface area contributed by atoms with E-state index in [0.29, 0.717) is 5.52 Å². The molecule has 132 valence electrons. The molecular formula is C15H11F3N2O3S2. The summed E-state index contributed by atoms with van der Waals surface area (Å²) in [5.74, 6) is -0.794. The SMILES string of the molecule is Cc1nc2ccc(NS(=O)(=O)c3ccccc3OC(F)(F)F)cc2s1. The number of para-hydroxylation sites is 1. The summed E-state index contributed by atoms with van der Waals surface area (Å²) < 4.78 is 69.2. The number of ether oxygens (including phenoxy) is 1. The van der Waals surface area contributed by atoms with Crippen molar-refractivity contribution in [2.75, 3.05) is 4.72 Å². The van der Waals surface area contributed by atoms with Crippen LogP contribution in [0.2, 0.25) is 0 Å². The first-order chi connectivity index (χ1) is 11.6. The third kappa shape index (κ3) is 4.02. The van der Waals surface area contributed by atoms with Crippen LogP contribution in [0.3, 0.4) is 0 Å². The van der Waals surface area contributed by atoms with Crippen LogP contribution in [0.25, 0.3) is 10.2 Å². The van der Waals surface area contributed by atoms with Crippen LogP contribution in [-0.4, -0.2) is 19.8 Å². The molecule has 0 atom stereocenters. The number of aromatic nitrogens is 1. The molecule has 0 aliphatic heterocycles. The van der Waals surface area contributed by atoms with Gasteiger partial charge in [0.15, 0.2) is 0 Å². The van der Waals surface area contributed by atoms with Gasteiger partial charge in [-0.1, -0.05) is 12.1 Å². The van der Waals surface area contributed by atoms with Crippen LogP contribution in [0.1, 0.15) is 5.01 Å².